The van der Waals surface area contributed by atoms with Crippen molar-refractivity contribution < 1.29 is 0 Å². The number of rotatable bonds is 5. The van der Waals surface area contributed by atoms with Gasteiger partial charge < -0.3 is 15.1 Å². The summed E-state index contributed by atoms with van der Waals surface area (Å²) in [6, 6.07) is 5.58. The molecule has 0 spiro atoms. The van der Waals surface area contributed by atoms with Crippen molar-refractivity contribution in [1.82, 2.24) is 15.1 Å². The van der Waals surface area contributed by atoms with Crippen molar-refractivity contribution in [3.05, 3.63) is 21.9 Å². The van der Waals surface area contributed by atoms with Crippen molar-refractivity contribution in [3.63, 3.8) is 0 Å². The smallest absolute Gasteiger partial charge is 0.0585 e. The molecule has 2 atom stereocenters. The Labute approximate surface area is 128 Å². The van der Waals surface area contributed by atoms with Gasteiger partial charge in [0, 0.05) is 22.3 Å². The molecule has 0 saturated carbocycles. The normalized spacial score (nSPS) is 23.7. The topological polar surface area (TPSA) is 18.5 Å². The summed E-state index contributed by atoms with van der Waals surface area (Å²) in [6.07, 6.45) is 2.46. The van der Waals surface area contributed by atoms with Gasteiger partial charge in [-0.2, -0.15) is 0 Å². The van der Waals surface area contributed by atoms with Crippen LogP contribution in [0.3, 0.4) is 0 Å². The molecule has 114 valence electrons. The molecule has 3 nitrogen and oxygen atoms in total. The maximum Gasteiger partial charge on any atom is 0.0585 e. The lowest BCUT2D eigenvalue weighted by Gasteiger charge is -2.34. The van der Waals surface area contributed by atoms with E-state index in [4.69, 9.17) is 0 Å². The van der Waals surface area contributed by atoms with E-state index >= 15 is 0 Å². The first-order valence-electron chi connectivity index (χ1n) is 7.80. The van der Waals surface area contributed by atoms with Crippen molar-refractivity contribution in [1.29, 1.82) is 0 Å². The molecule has 1 aliphatic heterocycles. The molecule has 0 amide bonds. The second-order valence-corrected chi connectivity index (χ2v) is 7.36. The van der Waals surface area contributed by atoms with Gasteiger partial charge in [0.05, 0.1) is 6.04 Å². The largest absolute Gasteiger partial charge is 0.308 e. The molecule has 1 N–H and O–H groups in total. The van der Waals surface area contributed by atoms with Crippen LogP contribution in [0.25, 0.3) is 0 Å². The molecule has 1 saturated heterocycles. The quantitative estimate of drug-likeness (QED) is 0.901. The molecule has 1 fully saturated rings. The molecule has 0 radical (unpaired) electrons. The zero-order valence-electron chi connectivity index (χ0n) is 13.4. The van der Waals surface area contributed by atoms with Crippen molar-refractivity contribution >= 4 is 11.3 Å². The van der Waals surface area contributed by atoms with E-state index in [-0.39, 0.29) is 0 Å². The monoisotopic (exact) mass is 295 g/mol. The second kappa shape index (κ2) is 7.55. The molecule has 1 aromatic rings. The van der Waals surface area contributed by atoms with Crippen molar-refractivity contribution in [3.8, 4) is 0 Å². The lowest BCUT2D eigenvalue weighted by molar-refractivity contribution is 0.180. The third kappa shape index (κ3) is 4.04. The number of aryl methyl sites for hydroxylation is 1. The van der Waals surface area contributed by atoms with E-state index in [9.17, 15) is 0 Å². The maximum absolute atomic E-state index is 3.79. The Hall–Kier alpha value is -0.420. The fourth-order valence-electron chi connectivity index (χ4n) is 3.01. The predicted octanol–water partition coefficient (Wildman–Crippen LogP) is 2.73. The highest BCUT2D eigenvalue weighted by molar-refractivity contribution is 7.12. The molecular weight excluding hydrogens is 266 g/mol. The van der Waals surface area contributed by atoms with Gasteiger partial charge in [0.1, 0.15) is 0 Å². The fraction of sp³-hybridized carbons (Fsp3) is 0.750. The summed E-state index contributed by atoms with van der Waals surface area (Å²) in [4.78, 5) is 7.93. The van der Waals surface area contributed by atoms with Crippen LogP contribution in [0.4, 0.5) is 0 Å². The minimum Gasteiger partial charge on any atom is -0.308 e. The van der Waals surface area contributed by atoms with Crippen LogP contribution in [0, 0.1) is 6.92 Å². The molecule has 2 rings (SSSR count). The highest BCUT2D eigenvalue weighted by Gasteiger charge is 2.30. The average molecular weight is 295 g/mol. The zero-order valence-corrected chi connectivity index (χ0v) is 14.2. The summed E-state index contributed by atoms with van der Waals surface area (Å²) >= 11 is 1.94. The Morgan fingerprint density at radius 2 is 2.15 bits per heavy atom. The fourth-order valence-corrected chi connectivity index (χ4v) is 4.02. The first kappa shape index (κ1) is 16.0. The summed E-state index contributed by atoms with van der Waals surface area (Å²) in [5, 5.41) is 3.79. The van der Waals surface area contributed by atoms with Crippen LogP contribution < -0.4 is 5.32 Å². The van der Waals surface area contributed by atoms with E-state index in [1.807, 2.05) is 11.3 Å². The predicted molar refractivity (Wildman–Crippen MR) is 88.6 cm³/mol. The van der Waals surface area contributed by atoms with E-state index < -0.39 is 0 Å². The van der Waals surface area contributed by atoms with Gasteiger partial charge in [-0.3, -0.25) is 0 Å². The molecule has 0 aliphatic carbocycles. The Kier molecular flexibility index (Phi) is 6.02. The molecule has 4 heteroatoms. The third-order valence-corrected chi connectivity index (χ3v) is 5.27. The van der Waals surface area contributed by atoms with Gasteiger partial charge in [-0.1, -0.05) is 6.92 Å². The van der Waals surface area contributed by atoms with Crippen LogP contribution >= 0.6 is 11.3 Å². The molecule has 2 unspecified atom stereocenters. The van der Waals surface area contributed by atoms with E-state index in [2.05, 4.69) is 55.2 Å². The first-order chi connectivity index (χ1) is 9.61. The molecular formula is C16H29N3S. The minimum absolute atomic E-state index is 0.458. The van der Waals surface area contributed by atoms with Crippen LogP contribution in [0.15, 0.2) is 12.1 Å². The molecule has 20 heavy (non-hydrogen) atoms. The number of nitrogens with one attached hydrogen (secondary N) is 1. The maximum atomic E-state index is 3.79. The number of hydrogen-bond donors (Lipinski definition) is 1. The van der Waals surface area contributed by atoms with Crippen molar-refractivity contribution in [2.24, 2.45) is 0 Å². The Morgan fingerprint density at radius 3 is 2.80 bits per heavy atom. The number of nitrogens with zero attached hydrogens (tertiary/aromatic N) is 2. The van der Waals surface area contributed by atoms with Crippen molar-refractivity contribution in [2.45, 2.75) is 38.8 Å². The van der Waals surface area contributed by atoms with Gasteiger partial charge in [-0.05, 0) is 65.6 Å². The third-order valence-electron chi connectivity index (χ3n) is 4.18. The van der Waals surface area contributed by atoms with Gasteiger partial charge in [-0.15, -0.1) is 11.3 Å². The van der Waals surface area contributed by atoms with Gasteiger partial charge in [-0.25, -0.2) is 0 Å². The second-order valence-electron chi connectivity index (χ2n) is 6.04. The average Bonchev–Trinajstić information content (AvgIpc) is 2.76. The van der Waals surface area contributed by atoms with Gasteiger partial charge in [0.15, 0.2) is 0 Å². The standard InChI is InChI=1S/C16H29N3S/c1-5-9-17-16(15-8-7-13(2)20-15)14-12-18(3)10-6-11-19(14)4/h7-8,14,16-17H,5-6,9-12H2,1-4H3. The summed E-state index contributed by atoms with van der Waals surface area (Å²) < 4.78 is 0. The van der Waals surface area contributed by atoms with E-state index in [0.717, 1.165) is 13.1 Å². The highest BCUT2D eigenvalue weighted by atomic mass is 32.1. The lowest BCUT2D eigenvalue weighted by atomic mass is 10.0. The molecule has 1 aromatic heterocycles. The summed E-state index contributed by atoms with van der Waals surface area (Å²) in [5.41, 5.74) is 0. The van der Waals surface area contributed by atoms with Gasteiger partial charge in [0.25, 0.3) is 0 Å². The van der Waals surface area contributed by atoms with Gasteiger partial charge >= 0.3 is 0 Å². The van der Waals surface area contributed by atoms with E-state index in [1.165, 1.54) is 35.7 Å². The lowest BCUT2D eigenvalue weighted by Crippen LogP contribution is -2.47. The first-order valence-corrected chi connectivity index (χ1v) is 8.62. The summed E-state index contributed by atoms with van der Waals surface area (Å²) in [5.74, 6) is 0. The van der Waals surface area contributed by atoms with E-state index in [0.29, 0.717) is 12.1 Å². The Morgan fingerprint density at radius 1 is 1.35 bits per heavy atom. The van der Waals surface area contributed by atoms with Crippen LogP contribution in [-0.2, 0) is 0 Å². The van der Waals surface area contributed by atoms with Crippen LogP contribution in [0.5, 0.6) is 0 Å². The number of thiophene rings is 1. The molecule has 2 heterocycles. The minimum atomic E-state index is 0.458. The molecule has 0 aromatic carbocycles. The molecule has 1 aliphatic rings. The Balaban J connectivity index is 2.19. The van der Waals surface area contributed by atoms with Gasteiger partial charge in [0.2, 0.25) is 0 Å². The van der Waals surface area contributed by atoms with Crippen LogP contribution in [0.1, 0.15) is 35.6 Å². The number of hydrogen-bond acceptors (Lipinski definition) is 4. The van der Waals surface area contributed by atoms with E-state index in [1.54, 1.807) is 0 Å². The molecule has 0 bridgehead atoms. The highest BCUT2D eigenvalue weighted by Crippen LogP contribution is 2.28. The number of likely N-dealkylation sites (N-methyl/N-ethyl adjacent to an activating group) is 2. The van der Waals surface area contributed by atoms with Crippen LogP contribution in [-0.4, -0.2) is 56.1 Å². The zero-order chi connectivity index (χ0) is 14.5. The summed E-state index contributed by atoms with van der Waals surface area (Å²) in [7, 11) is 4.54. The summed E-state index contributed by atoms with van der Waals surface area (Å²) in [6.45, 7) is 9.10. The van der Waals surface area contributed by atoms with Crippen molar-refractivity contribution in [2.75, 3.05) is 40.3 Å². The van der Waals surface area contributed by atoms with Crippen LogP contribution in [0.2, 0.25) is 0 Å². The SMILES string of the molecule is CCCNC(c1ccc(C)s1)C1CN(C)CCCN1C. The Bertz CT molecular complexity index is 404.